The Labute approximate surface area is 449 Å². The summed E-state index contributed by atoms with van der Waals surface area (Å²) in [6.45, 7) is 4.89. The maximum atomic E-state index is 12.4. The van der Waals surface area contributed by atoms with E-state index in [1.807, 2.05) is 6.08 Å². The largest absolute Gasteiger partial charge is 0.466 e. The van der Waals surface area contributed by atoms with Gasteiger partial charge < -0.3 is 20.3 Å². The molecule has 0 aromatic carbocycles. The number of amides is 1. The summed E-state index contributed by atoms with van der Waals surface area (Å²) in [5.74, 6) is -0.0567. The fourth-order valence-corrected chi connectivity index (χ4v) is 9.92. The molecule has 0 aliphatic carbocycles. The van der Waals surface area contributed by atoms with Crippen LogP contribution in [0.5, 0.6) is 0 Å². The molecule has 3 N–H and O–H groups in total. The van der Waals surface area contributed by atoms with Crippen LogP contribution in [0.25, 0.3) is 0 Å². The van der Waals surface area contributed by atoms with Crippen molar-refractivity contribution < 1.29 is 24.5 Å². The molecule has 2 atom stereocenters. The third kappa shape index (κ3) is 57.4. The van der Waals surface area contributed by atoms with Crippen LogP contribution < -0.4 is 5.32 Å². The highest BCUT2D eigenvalue weighted by atomic mass is 16.5. The van der Waals surface area contributed by atoms with E-state index in [1.165, 1.54) is 283 Å². The minimum atomic E-state index is -0.843. The number of rotatable bonds is 60. The topological polar surface area (TPSA) is 95.9 Å². The van der Waals surface area contributed by atoms with E-state index in [0.29, 0.717) is 19.4 Å². The second-order valence-electron chi connectivity index (χ2n) is 22.1. The van der Waals surface area contributed by atoms with Gasteiger partial charge in [0.15, 0.2) is 0 Å². The lowest BCUT2D eigenvalue weighted by molar-refractivity contribution is -0.143. The number of esters is 1. The Morgan fingerprint density at radius 1 is 0.375 bits per heavy atom. The summed E-state index contributed by atoms with van der Waals surface area (Å²) < 4.78 is 5.50. The van der Waals surface area contributed by atoms with Crippen LogP contribution in [-0.2, 0) is 14.3 Å². The highest BCUT2D eigenvalue weighted by Crippen LogP contribution is 2.17. The van der Waals surface area contributed by atoms with Gasteiger partial charge in [-0.2, -0.15) is 0 Å². The van der Waals surface area contributed by atoms with Crippen molar-refractivity contribution >= 4 is 11.9 Å². The first-order valence-electron chi connectivity index (χ1n) is 32.3. The lowest BCUT2D eigenvalue weighted by Gasteiger charge is -2.20. The van der Waals surface area contributed by atoms with Gasteiger partial charge in [-0.25, -0.2) is 0 Å². The Morgan fingerprint density at radius 3 is 0.986 bits per heavy atom. The molecular formula is C66H125NO5. The normalized spacial score (nSPS) is 12.8. The summed E-state index contributed by atoms with van der Waals surface area (Å²) in [7, 11) is 0. The van der Waals surface area contributed by atoms with Crippen LogP contribution in [0.3, 0.4) is 0 Å². The molecule has 1 amide bonds. The van der Waals surface area contributed by atoms with E-state index in [9.17, 15) is 19.8 Å². The van der Waals surface area contributed by atoms with Crippen LogP contribution in [0, 0.1) is 0 Å². The molecule has 0 rings (SSSR count). The number of unbranched alkanes of at least 4 members (excludes halogenated alkanes) is 45. The standard InChI is InChI=1S/C66H125NO5/c1-3-5-7-9-11-13-14-15-16-17-27-31-34-37-40-44-48-52-56-60-66(71)72-61-57-53-49-45-41-38-35-32-29-26-24-22-20-18-19-21-23-25-28-30-33-36-39-43-47-51-55-59-65(70)67-63(62-68)64(69)58-54-50-46-42-12-10-8-6-4-2/h15-16,18-19,54,58,63-64,68-69H,3-14,17,20-53,55-57,59-62H2,1-2H3,(H,67,70)/b16-15-,19-18-,58-54+. The maximum Gasteiger partial charge on any atom is 0.305 e. The number of allylic oxidation sites excluding steroid dienone is 5. The fourth-order valence-electron chi connectivity index (χ4n) is 9.92. The van der Waals surface area contributed by atoms with Crippen LogP contribution in [0.2, 0.25) is 0 Å². The lowest BCUT2D eigenvalue weighted by atomic mass is 10.0. The molecule has 72 heavy (non-hydrogen) atoms. The molecule has 0 fully saturated rings. The molecule has 0 aliphatic rings. The van der Waals surface area contributed by atoms with Crippen LogP contribution in [0.15, 0.2) is 36.5 Å². The molecule has 0 radical (unpaired) electrons. The number of carbonyl (C=O) groups excluding carboxylic acids is 2. The number of carbonyl (C=O) groups is 2. The van der Waals surface area contributed by atoms with Crippen molar-refractivity contribution in [1.82, 2.24) is 5.32 Å². The van der Waals surface area contributed by atoms with Crippen molar-refractivity contribution in [2.24, 2.45) is 0 Å². The van der Waals surface area contributed by atoms with Crippen molar-refractivity contribution in [2.75, 3.05) is 13.2 Å². The summed E-state index contributed by atoms with van der Waals surface area (Å²) in [5.41, 5.74) is 0. The summed E-state index contributed by atoms with van der Waals surface area (Å²) in [4.78, 5) is 24.5. The maximum absolute atomic E-state index is 12.4. The summed E-state index contributed by atoms with van der Waals surface area (Å²) in [6.07, 6.45) is 77.9. The molecule has 0 aromatic rings. The zero-order valence-corrected chi connectivity index (χ0v) is 48.4. The van der Waals surface area contributed by atoms with Crippen LogP contribution >= 0.6 is 0 Å². The smallest absolute Gasteiger partial charge is 0.305 e. The fraction of sp³-hybridized carbons (Fsp3) is 0.879. The Balaban J connectivity index is 3.35. The van der Waals surface area contributed by atoms with Gasteiger partial charge in [0.2, 0.25) is 5.91 Å². The molecule has 0 saturated carbocycles. The Hall–Kier alpha value is -1.92. The molecule has 0 aromatic heterocycles. The highest BCUT2D eigenvalue weighted by molar-refractivity contribution is 5.76. The second kappa shape index (κ2) is 61.6. The van der Waals surface area contributed by atoms with Gasteiger partial charge >= 0.3 is 5.97 Å². The molecule has 0 bridgehead atoms. The Bertz CT molecular complexity index is 1170. The van der Waals surface area contributed by atoms with Gasteiger partial charge in [0.25, 0.3) is 0 Å². The molecule has 0 heterocycles. The zero-order valence-electron chi connectivity index (χ0n) is 48.4. The van der Waals surface area contributed by atoms with Gasteiger partial charge in [0.1, 0.15) is 0 Å². The summed E-state index contributed by atoms with van der Waals surface area (Å²) in [5, 5.41) is 22.9. The number of aliphatic hydroxyl groups is 2. The van der Waals surface area contributed by atoms with Crippen molar-refractivity contribution in [3.05, 3.63) is 36.5 Å². The quantitative estimate of drug-likeness (QED) is 0.0320. The molecule has 0 saturated heterocycles. The first-order valence-corrected chi connectivity index (χ1v) is 32.3. The minimum Gasteiger partial charge on any atom is -0.466 e. The summed E-state index contributed by atoms with van der Waals surface area (Å²) in [6, 6.07) is -0.626. The molecule has 0 spiro atoms. The lowest BCUT2D eigenvalue weighted by Crippen LogP contribution is -2.45. The average molecular weight is 1010 g/mol. The monoisotopic (exact) mass is 1010 g/mol. The van der Waals surface area contributed by atoms with E-state index < -0.39 is 12.1 Å². The van der Waals surface area contributed by atoms with Gasteiger partial charge in [0.05, 0.1) is 25.4 Å². The number of nitrogens with one attached hydrogen (secondary N) is 1. The number of hydrogen-bond acceptors (Lipinski definition) is 5. The van der Waals surface area contributed by atoms with Gasteiger partial charge in [-0.05, 0) is 83.5 Å². The number of ether oxygens (including phenoxy) is 1. The van der Waals surface area contributed by atoms with E-state index in [0.717, 1.165) is 38.5 Å². The van der Waals surface area contributed by atoms with E-state index >= 15 is 0 Å². The van der Waals surface area contributed by atoms with Crippen LogP contribution in [0.4, 0.5) is 0 Å². The molecule has 6 heteroatoms. The zero-order chi connectivity index (χ0) is 52.2. The minimum absolute atomic E-state index is 0.0143. The van der Waals surface area contributed by atoms with Crippen LogP contribution in [-0.4, -0.2) is 47.4 Å². The van der Waals surface area contributed by atoms with E-state index in [1.54, 1.807) is 6.08 Å². The molecule has 424 valence electrons. The molecular weight excluding hydrogens is 887 g/mol. The Morgan fingerprint density at radius 2 is 0.653 bits per heavy atom. The van der Waals surface area contributed by atoms with Gasteiger partial charge in [-0.3, -0.25) is 9.59 Å². The van der Waals surface area contributed by atoms with Gasteiger partial charge in [-0.1, -0.05) is 288 Å². The van der Waals surface area contributed by atoms with Crippen molar-refractivity contribution in [3.8, 4) is 0 Å². The van der Waals surface area contributed by atoms with Gasteiger partial charge in [0, 0.05) is 12.8 Å². The molecule has 0 aliphatic heterocycles. The first kappa shape index (κ1) is 70.1. The third-order valence-electron chi connectivity index (χ3n) is 14.9. The van der Waals surface area contributed by atoms with E-state index in [2.05, 4.69) is 43.5 Å². The number of hydrogen-bond donors (Lipinski definition) is 3. The van der Waals surface area contributed by atoms with Crippen molar-refractivity contribution in [1.29, 1.82) is 0 Å². The molecule has 6 nitrogen and oxygen atoms in total. The van der Waals surface area contributed by atoms with E-state index in [4.69, 9.17) is 4.74 Å². The highest BCUT2D eigenvalue weighted by Gasteiger charge is 2.18. The van der Waals surface area contributed by atoms with Crippen molar-refractivity contribution in [2.45, 2.75) is 360 Å². The SMILES string of the molecule is CCCCCCCC/C=C\CCCCCCCCCCCC(=O)OCCCCCCCCCCCCCC/C=C\CCCCCCCCCCCCCC(=O)NC(CO)C(O)/C=C/CCCCCCCCC. The Kier molecular flexibility index (Phi) is 60.0. The predicted octanol–water partition coefficient (Wildman–Crippen LogP) is 20.4. The van der Waals surface area contributed by atoms with Gasteiger partial charge in [-0.15, -0.1) is 0 Å². The van der Waals surface area contributed by atoms with E-state index in [-0.39, 0.29) is 18.5 Å². The average Bonchev–Trinajstić information content (AvgIpc) is 3.38. The second-order valence-corrected chi connectivity index (χ2v) is 22.1. The van der Waals surface area contributed by atoms with Crippen LogP contribution in [0.1, 0.15) is 348 Å². The first-order chi connectivity index (χ1) is 35.5. The third-order valence-corrected chi connectivity index (χ3v) is 14.9. The molecule has 2 unspecified atom stereocenters. The number of aliphatic hydroxyl groups excluding tert-OH is 2. The predicted molar refractivity (Wildman–Crippen MR) is 315 cm³/mol. The summed E-state index contributed by atoms with van der Waals surface area (Å²) >= 11 is 0. The van der Waals surface area contributed by atoms with Crippen molar-refractivity contribution in [3.63, 3.8) is 0 Å².